The summed E-state index contributed by atoms with van der Waals surface area (Å²) in [5, 5.41) is 9.37. The summed E-state index contributed by atoms with van der Waals surface area (Å²) in [5.74, 6) is 1.42. The van der Waals surface area contributed by atoms with Crippen LogP contribution in [0.5, 0.6) is 17.2 Å². The third-order valence-electron chi connectivity index (χ3n) is 5.20. The Balaban J connectivity index is 1.67. The molecule has 1 aliphatic carbocycles. The van der Waals surface area contributed by atoms with Crippen LogP contribution >= 0.6 is 0 Å². The highest BCUT2D eigenvalue weighted by Gasteiger charge is 2.25. The predicted molar refractivity (Wildman–Crippen MR) is 119 cm³/mol. The van der Waals surface area contributed by atoms with Crippen molar-refractivity contribution in [2.75, 3.05) is 7.11 Å². The quantitative estimate of drug-likeness (QED) is 0.530. The van der Waals surface area contributed by atoms with Crippen LogP contribution in [0, 0.1) is 0 Å². The van der Waals surface area contributed by atoms with E-state index < -0.39 is 5.97 Å². The molecule has 3 aromatic rings. The van der Waals surface area contributed by atoms with Gasteiger partial charge < -0.3 is 14.6 Å². The fraction of sp³-hybridized carbons (Fsp3) is 0.115. The minimum Gasteiger partial charge on any atom is -0.497 e. The van der Waals surface area contributed by atoms with Crippen molar-refractivity contribution in [3.63, 3.8) is 0 Å². The summed E-state index contributed by atoms with van der Waals surface area (Å²) in [6.45, 7) is 1.98. The maximum atomic E-state index is 11.4. The van der Waals surface area contributed by atoms with Gasteiger partial charge in [-0.15, -0.1) is 0 Å². The van der Waals surface area contributed by atoms with Crippen LogP contribution < -0.4 is 9.47 Å². The molecular formula is C26H22O4. The molecule has 4 heteroatoms. The molecule has 0 fully saturated rings. The molecule has 0 unspecified atom stereocenters. The second kappa shape index (κ2) is 8.29. The number of rotatable bonds is 6. The standard InChI is InChI=1S/C26H22O4/c1-17-23(22-13-12-21(29-2)15-25(22)24(17)16-26(27)28)14-18-8-10-20(11-9-18)30-19-6-4-3-5-7-19/h3-15H,16H2,1-2H3,(H,27,28)/b23-14-. The van der Waals surface area contributed by atoms with Gasteiger partial charge >= 0.3 is 5.97 Å². The molecule has 0 saturated carbocycles. The van der Waals surface area contributed by atoms with Gasteiger partial charge in [-0.2, -0.15) is 0 Å². The molecule has 30 heavy (non-hydrogen) atoms. The average molecular weight is 398 g/mol. The molecule has 0 amide bonds. The van der Waals surface area contributed by atoms with E-state index in [0.717, 1.165) is 44.9 Å². The number of para-hydroxylation sites is 1. The lowest BCUT2D eigenvalue weighted by Crippen LogP contribution is -1.97. The molecule has 0 aliphatic heterocycles. The maximum absolute atomic E-state index is 11.4. The van der Waals surface area contributed by atoms with Gasteiger partial charge in [-0.3, -0.25) is 4.79 Å². The van der Waals surface area contributed by atoms with Crippen molar-refractivity contribution in [3.8, 4) is 17.2 Å². The lowest BCUT2D eigenvalue weighted by atomic mass is 10.0. The first kappa shape index (κ1) is 19.5. The van der Waals surface area contributed by atoms with Gasteiger partial charge in [0.05, 0.1) is 13.5 Å². The van der Waals surface area contributed by atoms with Gasteiger partial charge in [0, 0.05) is 0 Å². The number of carboxylic acids is 1. The van der Waals surface area contributed by atoms with Crippen LogP contribution in [0.3, 0.4) is 0 Å². The van der Waals surface area contributed by atoms with Crippen LogP contribution in [0.4, 0.5) is 0 Å². The first-order chi connectivity index (χ1) is 14.5. The molecule has 4 nitrogen and oxygen atoms in total. The summed E-state index contributed by atoms with van der Waals surface area (Å²) < 4.78 is 11.2. The Morgan fingerprint density at radius 3 is 2.23 bits per heavy atom. The molecular weight excluding hydrogens is 376 g/mol. The first-order valence-corrected chi connectivity index (χ1v) is 9.70. The van der Waals surface area contributed by atoms with Gasteiger partial charge in [0.1, 0.15) is 17.2 Å². The zero-order valence-corrected chi connectivity index (χ0v) is 16.9. The first-order valence-electron chi connectivity index (χ1n) is 9.70. The molecule has 0 aromatic heterocycles. The third-order valence-corrected chi connectivity index (χ3v) is 5.20. The Hall–Kier alpha value is -3.79. The number of aliphatic carboxylic acids is 1. The van der Waals surface area contributed by atoms with Gasteiger partial charge in [-0.25, -0.2) is 0 Å². The monoisotopic (exact) mass is 398 g/mol. The van der Waals surface area contributed by atoms with Crippen LogP contribution in [0.15, 0.2) is 78.4 Å². The fourth-order valence-corrected chi connectivity index (χ4v) is 3.69. The zero-order valence-electron chi connectivity index (χ0n) is 16.9. The van der Waals surface area contributed by atoms with E-state index in [2.05, 4.69) is 6.08 Å². The number of methoxy groups -OCH3 is 1. The number of carbonyl (C=O) groups is 1. The van der Waals surface area contributed by atoms with E-state index in [0.29, 0.717) is 5.75 Å². The van der Waals surface area contributed by atoms with Crippen molar-refractivity contribution in [1.29, 1.82) is 0 Å². The smallest absolute Gasteiger partial charge is 0.307 e. The van der Waals surface area contributed by atoms with Gasteiger partial charge in [-0.1, -0.05) is 36.4 Å². The highest BCUT2D eigenvalue weighted by Crippen LogP contribution is 2.44. The Morgan fingerprint density at radius 2 is 1.57 bits per heavy atom. The summed E-state index contributed by atoms with van der Waals surface area (Å²) in [4.78, 5) is 11.4. The van der Waals surface area contributed by atoms with Crippen molar-refractivity contribution in [3.05, 3.63) is 95.1 Å². The molecule has 0 spiro atoms. The minimum absolute atomic E-state index is 0.0206. The molecule has 0 bridgehead atoms. The topological polar surface area (TPSA) is 55.8 Å². The summed E-state index contributed by atoms with van der Waals surface area (Å²) >= 11 is 0. The number of hydrogen-bond acceptors (Lipinski definition) is 3. The van der Waals surface area contributed by atoms with E-state index in [9.17, 15) is 9.90 Å². The predicted octanol–water partition coefficient (Wildman–Crippen LogP) is 6.29. The molecule has 4 rings (SSSR count). The van der Waals surface area contributed by atoms with Crippen molar-refractivity contribution in [2.24, 2.45) is 0 Å². The second-order valence-electron chi connectivity index (χ2n) is 7.13. The number of hydrogen-bond donors (Lipinski definition) is 1. The maximum Gasteiger partial charge on any atom is 0.307 e. The van der Waals surface area contributed by atoms with Crippen LogP contribution in [0.2, 0.25) is 0 Å². The highest BCUT2D eigenvalue weighted by atomic mass is 16.5. The second-order valence-corrected chi connectivity index (χ2v) is 7.13. The molecule has 0 heterocycles. The van der Waals surface area contributed by atoms with Crippen LogP contribution in [-0.2, 0) is 4.79 Å². The van der Waals surface area contributed by atoms with E-state index in [1.807, 2.05) is 79.7 Å². The van der Waals surface area contributed by atoms with Crippen molar-refractivity contribution >= 4 is 23.2 Å². The molecule has 0 saturated heterocycles. The van der Waals surface area contributed by atoms with Gasteiger partial charge in [0.2, 0.25) is 0 Å². The number of benzene rings is 3. The summed E-state index contributed by atoms with van der Waals surface area (Å²) in [5.41, 5.74) is 5.79. The lowest BCUT2D eigenvalue weighted by molar-refractivity contribution is -0.135. The molecule has 3 aromatic carbocycles. The minimum atomic E-state index is -0.846. The number of ether oxygens (including phenoxy) is 2. The Bertz CT molecular complexity index is 1140. The average Bonchev–Trinajstić information content (AvgIpc) is 3.00. The van der Waals surface area contributed by atoms with E-state index in [4.69, 9.17) is 9.47 Å². The molecule has 1 N–H and O–H groups in total. The number of fused-ring (bicyclic) bond motifs is 1. The normalized spacial score (nSPS) is 14.0. The lowest BCUT2D eigenvalue weighted by Gasteiger charge is -2.08. The Kier molecular flexibility index (Phi) is 5.40. The number of carboxylic acid groups (broad SMARTS) is 1. The third kappa shape index (κ3) is 3.98. The SMILES string of the molecule is COc1ccc2c(c1)C(CC(=O)O)=C(C)/C2=C/c1ccc(Oc2ccccc2)cc1. The summed E-state index contributed by atoms with van der Waals surface area (Å²) in [7, 11) is 1.61. The van der Waals surface area contributed by atoms with Gasteiger partial charge in [-0.05, 0) is 82.8 Å². The van der Waals surface area contributed by atoms with Gasteiger partial charge in [0.25, 0.3) is 0 Å². The van der Waals surface area contributed by atoms with Crippen molar-refractivity contribution in [1.82, 2.24) is 0 Å². The highest BCUT2D eigenvalue weighted by molar-refractivity contribution is 6.07. The largest absolute Gasteiger partial charge is 0.497 e. The fourth-order valence-electron chi connectivity index (χ4n) is 3.69. The van der Waals surface area contributed by atoms with Gasteiger partial charge in [0.15, 0.2) is 0 Å². The van der Waals surface area contributed by atoms with Crippen molar-refractivity contribution < 1.29 is 19.4 Å². The molecule has 150 valence electrons. The number of allylic oxidation sites excluding steroid dienone is 2. The Morgan fingerprint density at radius 1 is 0.900 bits per heavy atom. The van der Waals surface area contributed by atoms with Crippen LogP contribution in [-0.4, -0.2) is 18.2 Å². The van der Waals surface area contributed by atoms with Crippen LogP contribution in [0.25, 0.3) is 17.2 Å². The summed E-state index contributed by atoms with van der Waals surface area (Å²) in [6, 6.07) is 23.3. The zero-order chi connectivity index (χ0) is 21.1. The summed E-state index contributed by atoms with van der Waals surface area (Å²) in [6.07, 6.45) is 2.06. The van der Waals surface area contributed by atoms with Crippen molar-refractivity contribution in [2.45, 2.75) is 13.3 Å². The molecule has 0 atom stereocenters. The Labute approximate surface area is 175 Å². The van der Waals surface area contributed by atoms with E-state index in [-0.39, 0.29) is 6.42 Å². The van der Waals surface area contributed by atoms with Crippen LogP contribution in [0.1, 0.15) is 30.0 Å². The van der Waals surface area contributed by atoms with E-state index >= 15 is 0 Å². The molecule has 1 aliphatic rings. The molecule has 0 radical (unpaired) electrons. The van der Waals surface area contributed by atoms with E-state index in [1.165, 1.54) is 0 Å². The van der Waals surface area contributed by atoms with E-state index in [1.54, 1.807) is 7.11 Å².